The number of carboxylic acids is 1. The molecule has 2 amide bonds. The molecule has 0 aromatic heterocycles. The fourth-order valence-corrected chi connectivity index (χ4v) is 2.69. The zero-order valence-electron chi connectivity index (χ0n) is 12.5. The van der Waals surface area contributed by atoms with Crippen LogP contribution in [0.15, 0.2) is 24.3 Å². The number of nitrogens with one attached hydrogen (secondary N) is 2. The molecule has 1 saturated carbocycles. The number of benzene rings is 1. The van der Waals surface area contributed by atoms with Crippen LogP contribution in [-0.2, 0) is 14.4 Å². The Bertz CT molecular complexity index is 560. The largest absolute Gasteiger partial charge is 0.481 e. The summed E-state index contributed by atoms with van der Waals surface area (Å²) in [4.78, 5) is 34.0. The van der Waals surface area contributed by atoms with E-state index in [1.54, 1.807) is 24.3 Å². The molecule has 2 rings (SSSR count). The number of amides is 2. The van der Waals surface area contributed by atoms with Crippen molar-refractivity contribution in [1.82, 2.24) is 0 Å². The van der Waals surface area contributed by atoms with Crippen LogP contribution in [0.2, 0.25) is 0 Å². The van der Waals surface area contributed by atoms with Gasteiger partial charge < -0.3 is 15.7 Å². The molecule has 1 aliphatic rings. The Kier molecular flexibility index (Phi) is 5.14. The first-order valence-corrected chi connectivity index (χ1v) is 7.37. The summed E-state index contributed by atoms with van der Waals surface area (Å²) in [6.45, 7) is 1.43. The smallest absolute Gasteiger partial charge is 0.306 e. The predicted molar refractivity (Wildman–Crippen MR) is 82.5 cm³/mol. The summed E-state index contributed by atoms with van der Waals surface area (Å²) < 4.78 is 0. The molecule has 0 bridgehead atoms. The highest BCUT2D eigenvalue weighted by atomic mass is 16.4. The van der Waals surface area contributed by atoms with Gasteiger partial charge in [-0.1, -0.05) is 0 Å². The number of anilines is 2. The molecule has 1 aliphatic carbocycles. The molecular formula is C16H20N2O4. The normalized spacial score (nSPS) is 21.0. The summed E-state index contributed by atoms with van der Waals surface area (Å²) in [6, 6.07) is 6.90. The number of hydrogen-bond donors (Lipinski definition) is 3. The van der Waals surface area contributed by atoms with Crippen molar-refractivity contribution in [2.75, 3.05) is 10.6 Å². The van der Waals surface area contributed by atoms with Gasteiger partial charge in [0.15, 0.2) is 0 Å². The molecule has 3 N–H and O–H groups in total. The number of aliphatic carboxylic acids is 1. The van der Waals surface area contributed by atoms with Crippen molar-refractivity contribution in [3.05, 3.63) is 24.3 Å². The summed E-state index contributed by atoms with van der Waals surface area (Å²) in [6.07, 6.45) is 2.31. The number of carboxylic acid groups (broad SMARTS) is 1. The maximum absolute atomic E-state index is 12.2. The highest BCUT2D eigenvalue weighted by molar-refractivity contribution is 5.93. The van der Waals surface area contributed by atoms with Gasteiger partial charge in [-0.25, -0.2) is 0 Å². The molecule has 0 aliphatic heterocycles. The highest BCUT2D eigenvalue weighted by Crippen LogP contribution is 2.29. The predicted octanol–water partition coefficient (Wildman–Crippen LogP) is 2.47. The van der Waals surface area contributed by atoms with Gasteiger partial charge in [-0.05, 0) is 49.9 Å². The summed E-state index contributed by atoms with van der Waals surface area (Å²) in [5.74, 6) is -1.44. The molecule has 22 heavy (non-hydrogen) atoms. The average Bonchev–Trinajstić information content (AvgIpc) is 2.49. The maximum atomic E-state index is 12.2. The SMILES string of the molecule is CC(=O)Nc1ccc(NC(=O)C2CCC(C(=O)O)CC2)cc1. The molecule has 6 heteroatoms. The monoisotopic (exact) mass is 304 g/mol. The van der Waals surface area contributed by atoms with Gasteiger partial charge in [0.1, 0.15) is 0 Å². The molecule has 0 heterocycles. The second kappa shape index (κ2) is 7.06. The first kappa shape index (κ1) is 16.0. The van der Waals surface area contributed by atoms with Gasteiger partial charge in [0, 0.05) is 24.2 Å². The standard InChI is InChI=1S/C16H20N2O4/c1-10(19)17-13-6-8-14(9-7-13)18-15(20)11-2-4-12(5-3-11)16(21)22/h6-9,11-12H,2-5H2,1H3,(H,17,19)(H,18,20)(H,21,22). The number of hydrogen-bond acceptors (Lipinski definition) is 3. The van der Waals surface area contributed by atoms with E-state index in [2.05, 4.69) is 10.6 Å². The van der Waals surface area contributed by atoms with Gasteiger partial charge in [0.05, 0.1) is 5.92 Å². The van der Waals surface area contributed by atoms with E-state index in [1.807, 2.05) is 0 Å². The summed E-state index contributed by atoms with van der Waals surface area (Å²) in [5.41, 5.74) is 1.34. The van der Waals surface area contributed by atoms with E-state index in [4.69, 9.17) is 5.11 Å². The van der Waals surface area contributed by atoms with E-state index < -0.39 is 5.97 Å². The zero-order chi connectivity index (χ0) is 16.1. The number of carbonyl (C=O) groups is 3. The van der Waals surface area contributed by atoms with Crippen LogP contribution in [0.5, 0.6) is 0 Å². The Balaban J connectivity index is 1.87. The number of carbonyl (C=O) groups excluding carboxylic acids is 2. The highest BCUT2D eigenvalue weighted by Gasteiger charge is 2.29. The van der Waals surface area contributed by atoms with E-state index in [1.165, 1.54) is 6.92 Å². The summed E-state index contributed by atoms with van der Waals surface area (Å²) in [5, 5.41) is 14.5. The van der Waals surface area contributed by atoms with Crippen LogP contribution < -0.4 is 10.6 Å². The molecule has 0 radical (unpaired) electrons. The lowest BCUT2D eigenvalue weighted by Crippen LogP contribution is -2.29. The van der Waals surface area contributed by atoms with Crippen molar-refractivity contribution >= 4 is 29.2 Å². The van der Waals surface area contributed by atoms with Crippen molar-refractivity contribution in [2.45, 2.75) is 32.6 Å². The molecule has 0 atom stereocenters. The maximum Gasteiger partial charge on any atom is 0.306 e. The van der Waals surface area contributed by atoms with Crippen molar-refractivity contribution in [3.8, 4) is 0 Å². The van der Waals surface area contributed by atoms with Crippen LogP contribution in [0.4, 0.5) is 11.4 Å². The summed E-state index contributed by atoms with van der Waals surface area (Å²) in [7, 11) is 0. The molecule has 0 spiro atoms. The minimum absolute atomic E-state index is 0.0730. The van der Waals surface area contributed by atoms with E-state index in [0.717, 1.165) is 0 Å². The van der Waals surface area contributed by atoms with E-state index in [-0.39, 0.29) is 23.7 Å². The fourth-order valence-electron chi connectivity index (χ4n) is 2.69. The van der Waals surface area contributed by atoms with Gasteiger partial charge in [0.25, 0.3) is 0 Å². The van der Waals surface area contributed by atoms with Crippen LogP contribution >= 0.6 is 0 Å². The van der Waals surface area contributed by atoms with E-state index >= 15 is 0 Å². The van der Waals surface area contributed by atoms with Gasteiger partial charge >= 0.3 is 5.97 Å². The minimum Gasteiger partial charge on any atom is -0.481 e. The molecule has 1 aromatic rings. The van der Waals surface area contributed by atoms with Crippen molar-refractivity contribution in [2.24, 2.45) is 11.8 Å². The Morgan fingerprint density at radius 3 is 1.82 bits per heavy atom. The lowest BCUT2D eigenvalue weighted by Gasteiger charge is -2.25. The van der Waals surface area contributed by atoms with E-state index in [0.29, 0.717) is 37.1 Å². The third kappa shape index (κ3) is 4.31. The fraction of sp³-hybridized carbons (Fsp3) is 0.438. The van der Waals surface area contributed by atoms with Crippen LogP contribution in [0.1, 0.15) is 32.6 Å². The lowest BCUT2D eigenvalue weighted by molar-refractivity contribution is -0.143. The van der Waals surface area contributed by atoms with Crippen LogP contribution in [0.3, 0.4) is 0 Å². The quantitative estimate of drug-likeness (QED) is 0.796. The molecule has 1 fully saturated rings. The molecular weight excluding hydrogens is 284 g/mol. The van der Waals surface area contributed by atoms with Gasteiger partial charge in [-0.3, -0.25) is 14.4 Å². The van der Waals surface area contributed by atoms with Crippen molar-refractivity contribution < 1.29 is 19.5 Å². The average molecular weight is 304 g/mol. The Morgan fingerprint density at radius 1 is 0.909 bits per heavy atom. The van der Waals surface area contributed by atoms with Gasteiger partial charge in [0.2, 0.25) is 11.8 Å². The third-order valence-corrected chi connectivity index (χ3v) is 3.92. The number of rotatable bonds is 4. The molecule has 1 aromatic carbocycles. The zero-order valence-corrected chi connectivity index (χ0v) is 12.5. The Morgan fingerprint density at radius 2 is 1.36 bits per heavy atom. The Labute approximate surface area is 128 Å². The van der Waals surface area contributed by atoms with Gasteiger partial charge in [-0.15, -0.1) is 0 Å². The molecule has 0 unspecified atom stereocenters. The van der Waals surface area contributed by atoms with Crippen LogP contribution in [-0.4, -0.2) is 22.9 Å². The van der Waals surface area contributed by atoms with Crippen LogP contribution in [0.25, 0.3) is 0 Å². The third-order valence-electron chi connectivity index (χ3n) is 3.92. The topological polar surface area (TPSA) is 95.5 Å². The first-order chi connectivity index (χ1) is 10.5. The van der Waals surface area contributed by atoms with Crippen molar-refractivity contribution in [3.63, 3.8) is 0 Å². The first-order valence-electron chi connectivity index (χ1n) is 7.37. The van der Waals surface area contributed by atoms with Crippen molar-refractivity contribution in [1.29, 1.82) is 0 Å². The molecule has 6 nitrogen and oxygen atoms in total. The molecule has 118 valence electrons. The van der Waals surface area contributed by atoms with Gasteiger partial charge in [-0.2, -0.15) is 0 Å². The second-order valence-electron chi connectivity index (χ2n) is 5.63. The second-order valence-corrected chi connectivity index (χ2v) is 5.63. The molecule has 0 saturated heterocycles. The van der Waals surface area contributed by atoms with Crippen LogP contribution in [0, 0.1) is 11.8 Å². The summed E-state index contributed by atoms with van der Waals surface area (Å²) >= 11 is 0. The minimum atomic E-state index is -0.771. The van der Waals surface area contributed by atoms with E-state index in [9.17, 15) is 14.4 Å². The lowest BCUT2D eigenvalue weighted by atomic mass is 9.81. The Hall–Kier alpha value is -2.37.